The van der Waals surface area contributed by atoms with Gasteiger partial charge in [0, 0.05) is 47.2 Å². The molecule has 0 saturated heterocycles. The van der Waals surface area contributed by atoms with E-state index in [1.807, 2.05) is 23.7 Å². The van der Waals surface area contributed by atoms with Crippen molar-refractivity contribution in [3.63, 3.8) is 0 Å². The van der Waals surface area contributed by atoms with Gasteiger partial charge in [0.25, 0.3) is 0 Å². The number of likely N-dealkylation sites (N-methyl/N-ethyl adjacent to an activating group) is 1. The third kappa shape index (κ3) is 4.78. The van der Waals surface area contributed by atoms with Crippen LogP contribution in [0.15, 0.2) is 35.8 Å². The highest BCUT2D eigenvalue weighted by molar-refractivity contribution is 7.10. The molecule has 0 fully saturated rings. The lowest BCUT2D eigenvalue weighted by Gasteiger charge is -2.14. The predicted octanol–water partition coefficient (Wildman–Crippen LogP) is 2.16. The molecule has 0 aliphatic rings. The Bertz CT molecular complexity index is 583. The summed E-state index contributed by atoms with van der Waals surface area (Å²) in [5.74, 6) is 5.60. The zero-order chi connectivity index (χ0) is 14.2. The highest BCUT2D eigenvalue weighted by Crippen LogP contribution is 2.15. The number of aliphatic hydroxyl groups is 1. The van der Waals surface area contributed by atoms with E-state index in [2.05, 4.69) is 40.9 Å². The van der Waals surface area contributed by atoms with Gasteiger partial charge in [-0.25, -0.2) is 0 Å². The standard InChI is InChI=1S/C16H18N2OS/c1-18(9-7-15-6-2-3-8-17-15)12-16-11-14(13-20-16)5-4-10-19/h2-3,6,8,11,13,19H,7,9-10,12H2,1H3. The molecule has 4 heteroatoms. The maximum Gasteiger partial charge on any atom is 0.104 e. The van der Waals surface area contributed by atoms with Crippen molar-refractivity contribution in [1.82, 2.24) is 9.88 Å². The molecule has 0 atom stereocenters. The summed E-state index contributed by atoms with van der Waals surface area (Å²) in [5, 5.41) is 10.7. The first-order chi connectivity index (χ1) is 9.78. The van der Waals surface area contributed by atoms with E-state index < -0.39 is 0 Å². The summed E-state index contributed by atoms with van der Waals surface area (Å²) < 4.78 is 0. The molecule has 2 heterocycles. The van der Waals surface area contributed by atoms with Gasteiger partial charge in [-0.1, -0.05) is 17.9 Å². The number of pyridine rings is 1. The Morgan fingerprint density at radius 2 is 2.30 bits per heavy atom. The molecule has 2 rings (SSSR count). The van der Waals surface area contributed by atoms with Crippen LogP contribution in [0.1, 0.15) is 16.1 Å². The van der Waals surface area contributed by atoms with Gasteiger partial charge in [-0.05, 0) is 25.2 Å². The van der Waals surface area contributed by atoms with Crippen molar-refractivity contribution in [3.8, 4) is 11.8 Å². The van der Waals surface area contributed by atoms with E-state index in [1.165, 1.54) is 4.88 Å². The Labute approximate surface area is 123 Å². The molecule has 0 aromatic carbocycles. The van der Waals surface area contributed by atoms with E-state index >= 15 is 0 Å². The van der Waals surface area contributed by atoms with Gasteiger partial charge in [0.1, 0.15) is 6.61 Å². The van der Waals surface area contributed by atoms with E-state index in [9.17, 15) is 0 Å². The van der Waals surface area contributed by atoms with Crippen molar-refractivity contribution in [1.29, 1.82) is 0 Å². The van der Waals surface area contributed by atoms with Crippen LogP contribution >= 0.6 is 11.3 Å². The summed E-state index contributed by atoms with van der Waals surface area (Å²) in [6.45, 7) is 1.81. The normalized spacial score (nSPS) is 10.3. The number of rotatable bonds is 5. The lowest BCUT2D eigenvalue weighted by atomic mass is 10.2. The fourth-order valence-electron chi connectivity index (χ4n) is 1.87. The molecule has 0 radical (unpaired) electrons. The third-order valence-corrected chi connectivity index (χ3v) is 3.79. The predicted molar refractivity (Wildman–Crippen MR) is 82.6 cm³/mol. The van der Waals surface area contributed by atoms with Crippen LogP contribution in [-0.2, 0) is 13.0 Å². The number of aromatic nitrogens is 1. The minimum absolute atomic E-state index is 0.0881. The first kappa shape index (κ1) is 14.7. The van der Waals surface area contributed by atoms with E-state index in [4.69, 9.17) is 5.11 Å². The van der Waals surface area contributed by atoms with Gasteiger partial charge in [0.05, 0.1) is 0 Å². The van der Waals surface area contributed by atoms with Gasteiger partial charge in [0.15, 0.2) is 0 Å². The Morgan fingerprint density at radius 1 is 1.40 bits per heavy atom. The molecule has 0 aliphatic carbocycles. The molecule has 2 aromatic heterocycles. The van der Waals surface area contributed by atoms with Gasteiger partial charge in [0.2, 0.25) is 0 Å². The number of hydrogen-bond acceptors (Lipinski definition) is 4. The molecular weight excluding hydrogens is 268 g/mol. The molecule has 1 N–H and O–H groups in total. The molecule has 2 aromatic rings. The summed E-state index contributed by atoms with van der Waals surface area (Å²) in [4.78, 5) is 7.90. The molecule has 0 saturated carbocycles. The number of aliphatic hydroxyl groups excluding tert-OH is 1. The highest BCUT2D eigenvalue weighted by Gasteiger charge is 2.04. The molecule has 104 valence electrons. The van der Waals surface area contributed by atoms with Crippen LogP contribution in [0.3, 0.4) is 0 Å². The molecule has 0 aliphatic heterocycles. The number of hydrogen-bond donors (Lipinski definition) is 1. The Hall–Kier alpha value is -1.67. The van der Waals surface area contributed by atoms with Gasteiger partial charge in [-0.15, -0.1) is 11.3 Å². The van der Waals surface area contributed by atoms with Crippen molar-refractivity contribution < 1.29 is 5.11 Å². The fourth-order valence-corrected chi connectivity index (χ4v) is 2.76. The zero-order valence-corrected chi connectivity index (χ0v) is 12.4. The van der Waals surface area contributed by atoms with E-state index in [0.29, 0.717) is 0 Å². The van der Waals surface area contributed by atoms with Crippen molar-refractivity contribution >= 4 is 11.3 Å². The second-order valence-electron chi connectivity index (χ2n) is 4.57. The summed E-state index contributed by atoms with van der Waals surface area (Å²) in [7, 11) is 2.11. The van der Waals surface area contributed by atoms with Crippen LogP contribution in [0, 0.1) is 11.8 Å². The van der Waals surface area contributed by atoms with Gasteiger partial charge in [-0.2, -0.15) is 0 Å². The quantitative estimate of drug-likeness (QED) is 0.856. The van der Waals surface area contributed by atoms with Crippen LogP contribution < -0.4 is 0 Å². The minimum atomic E-state index is -0.0881. The Kier molecular flexibility index (Phi) is 5.75. The van der Waals surface area contributed by atoms with Crippen molar-refractivity contribution in [2.45, 2.75) is 13.0 Å². The second-order valence-corrected chi connectivity index (χ2v) is 5.57. The van der Waals surface area contributed by atoms with Crippen LogP contribution in [0.2, 0.25) is 0 Å². The SMILES string of the molecule is CN(CCc1ccccn1)Cc1cc(C#CCO)cs1. The molecule has 3 nitrogen and oxygen atoms in total. The molecule has 0 spiro atoms. The Morgan fingerprint density at radius 3 is 3.05 bits per heavy atom. The summed E-state index contributed by atoms with van der Waals surface area (Å²) >= 11 is 1.71. The van der Waals surface area contributed by atoms with Gasteiger partial charge >= 0.3 is 0 Å². The highest BCUT2D eigenvalue weighted by atomic mass is 32.1. The maximum absolute atomic E-state index is 8.67. The summed E-state index contributed by atoms with van der Waals surface area (Å²) in [5.41, 5.74) is 2.11. The monoisotopic (exact) mass is 286 g/mol. The van der Waals surface area contributed by atoms with Crippen molar-refractivity contribution in [2.24, 2.45) is 0 Å². The van der Waals surface area contributed by atoms with Gasteiger partial charge in [-0.3, -0.25) is 4.98 Å². The van der Waals surface area contributed by atoms with Crippen LogP contribution in [-0.4, -0.2) is 35.2 Å². The van der Waals surface area contributed by atoms with Crippen molar-refractivity contribution in [2.75, 3.05) is 20.2 Å². The molecule has 0 amide bonds. The second kappa shape index (κ2) is 7.81. The van der Waals surface area contributed by atoms with Gasteiger partial charge < -0.3 is 10.0 Å². The molecule has 20 heavy (non-hydrogen) atoms. The lowest BCUT2D eigenvalue weighted by Crippen LogP contribution is -2.20. The summed E-state index contributed by atoms with van der Waals surface area (Å²) in [6, 6.07) is 8.10. The van der Waals surface area contributed by atoms with Crippen LogP contribution in [0.25, 0.3) is 0 Å². The Balaban J connectivity index is 1.82. The van der Waals surface area contributed by atoms with E-state index in [0.717, 1.165) is 30.8 Å². The zero-order valence-electron chi connectivity index (χ0n) is 11.5. The smallest absolute Gasteiger partial charge is 0.104 e. The average molecular weight is 286 g/mol. The summed E-state index contributed by atoms with van der Waals surface area (Å²) in [6.07, 6.45) is 2.79. The minimum Gasteiger partial charge on any atom is -0.384 e. The topological polar surface area (TPSA) is 36.4 Å². The maximum atomic E-state index is 8.67. The molecule has 0 bridgehead atoms. The fraction of sp³-hybridized carbons (Fsp3) is 0.312. The molecular formula is C16H18N2OS. The first-order valence-electron chi connectivity index (χ1n) is 6.53. The lowest BCUT2D eigenvalue weighted by molar-refractivity contribution is 0.333. The van der Waals surface area contributed by atoms with E-state index in [1.54, 1.807) is 11.3 Å². The van der Waals surface area contributed by atoms with E-state index in [-0.39, 0.29) is 6.61 Å². The number of nitrogens with zero attached hydrogens (tertiary/aromatic N) is 2. The third-order valence-electron chi connectivity index (χ3n) is 2.87. The number of thiophene rings is 1. The average Bonchev–Trinajstić information content (AvgIpc) is 2.91. The van der Waals surface area contributed by atoms with Crippen LogP contribution in [0.5, 0.6) is 0 Å². The first-order valence-corrected chi connectivity index (χ1v) is 7.41. The molecule has 0 unspecified atom stereocenters. The largest absolute Gasteiger partial charge is 0.384 e. The van der Waals surface area contributed by atoms with Crippen molar-refractivity contribution in [3.05, 3.63) is 52.0 Å². The van der Waals surface area contributed by atoms with Crippen LogP contribution in [0.4, 0.5) is 0 Å².